The molecule has 1 amide bonds. The van der Waals surface area contributed by atoms with Crippen LogP contribution in [0.3, 0.4) is 0 Å². The average molecular weight is 319 g/mol. The number of alkyl carbamates (subject to hydrolysis) is 1. The second-order valence-electron chi connectivity index (χ2n) is 5.48. The smallest absolute Gasteiger partial charge is 0.408 e. The quantitative estimate of drug-likeness (QED) is 0.844. The van der Waals surface area contributed by atoms with Gasteiger partial charge >= 0.3 is 18.0 Å². The van der Waals surface area contributed by atoms with Crippen LogP contribution in [0.25, 0.3) is 0 Å². The summed E-state index contributed by atoms with van der Waals surface area (Å²) in [6, 6.07) is -0.741. The Morgan fingerprint density at radius 1 is 1.36 bits per heavy atom. The number of carbonyl (C=O) groups is 2. The molecule has 1 N–H and O–H groups in total. The number of rotatable bonds is 5. The van der Waals surface area contributed by atoms with E-state index in [1.54, 1.807) is 20.8 Å². The van der Waals surface area contributed by atoms with Crippen molar-refractivity contribution in [1.82, 2.24) is 5.32 Å². The highest BCUT2D eigenvalue weighted by atomic mass is 19.3. The van der Waals surface area contributed by atoms with E-state index in [2.05, 4.69) is 4.74 Å². The molecule has 0 aromatic carbocycles. The number of ether oxygens (including phenoxy) is 2. The Morgan fingerprint density at radius 3 is 2.45 bits per heavy atom. The van der Waals surface area contributed by atoms with Crippen LogP contribution >= 0.6 is 0 Å². The van der Waals surface area contributed by atoms with E-state index < -0.39 is 29.6 Å². The van der Waals surface area contributed by atoms with Crippen LogP contribution in [0.15, 0.2) is 23.0 Å². The van der Waals surface area contributed by atoms with Crippen molar-refractivity contribution in [3.63, 3.8) is 0 Å². The molecule has 0 spiro atoms. The van der Waals surface area contributed by atoms with Crippen molar-refractivity contribution in [3.05, 3.63) is 24.2 Å². The van der Waals surface area contributed by atoms with Crippen LogP contribution in [0.2, 0.25) is 0 Å². The second kappa shape index (κ2) is 6.76. The standard InChI is InChI=1S/C14H19F2NO5/c1-5-21-11(18)14(15,16)10(9-6-7-20-8-9)17-12(19)22-13(2,3)4/h6-8,10H,5H2,1-4H3,(H,17,19). The van der Waals surface area contributed by atoms with Crippen molar-refractivity contribution >= 4 is 12.1 Å². The number of halogens is 2. The molecule has 0 aliphatic heterocycles. The van der Waals surface area contributed by atoms with Crippen molar-refractivity contribution in [3.8, 4) is 0 Å². The Labute approximate surface area is 126 Å². The summed E-state index contributed by atoms with van der Waals surface area (Å²) in [6.45, 7) is 5.95. The van der Waals surface area contributed by atoms with Gasteiger partial charge in [-0.1, -0.05) is 0 Å². The van der Waals surface area contributed by atoms with Gasteiger partial charge in [-0.3, -0.25) is 0 Å². The zero-order valence-corrected chi connectivity index (χ0v) is 12.8. The predicted octanol–water partition coefficient (Wildman–Crippen LogP) is 3.04. The highest BCUT2D eigenvalue weighted by Gasteiger charge is 2.51. The summed E-state index contributed by atoms with van der Waals surface area (Å²) in [5, 5.41) is 1.98. The number of amides is 1. The van der Waals surface area contributed by atoms with Gasteiger partial charge < -0.3 is 19.2 Å². The van der Waals surface area contributed by atoms with Gasteiger partial charge in [-0.05, 0) is 33.8 Å². The number of nitrogens with one attached hydrogen (secondary N) is 1. The fourth-order valence-electron chi connectivity index (χ4n) is 1.59. The van der Waals surface area contributed by atoms with E-state index >= 15 is 0 Å². The van der Waals surface area contributed by atoms with Gasteiger partial charge in [0.15, 0.2) is 0 Å². The first-order valence-corrected chi connectivity index (χ1v) is 6.64. The largest absolute Gasteiger partial charge is 0.472 e. The number of hydrogen-bond donors (Lipinski definition) is 1. The lowest BCUT2D eigenvalue weighted by atomic mass is 10.0. The molecule has 0 saturated carbocycles. The van der Waals surface area contributed by atoms with Gasteiger partial charge in [-0.2, -0.15) is 8.78 Å². The van der Waals surface area contributed by atoms with Crippen molar-refractivity contribution in [2.24, 2.45) is 0 Å². The fourth-order valence-corrected chi connectivity index (χ4v) is 1.59. The predicted molar refractivity (Wildman–Crippen MR) is 72.4 cm³/mol. The van der Waals surface area contributed by atoms with Crippen molar-refractivity contribution in [1.29, 1.82) is 0 Å². The van der Waals surface area contributed by atoms with Gasteiger partial charge in [0, 0.05) is 5.56 Å². The summed E-state index contributed by atoms with van der Waals surface area (Å²) < 4.78 is 42.5. The minimum atomic E-state index is -3.98. The first kappa shape index (κ1) is 17.9. The highest BCUT2D eigenvalue weighted by molar-refractivity contribution is 5.80. The van der Waals surface area contributed by atoms with Crippen molar-refractivity contribution in [2.75, 3.05) is 6.61 Å². The average Bonchev–Trinajstić information content (AvgIpc) is 2.87. The van der Waals surface area contributed by atoms with E-state index in [0.717, 1.165) is 12.5 Å². The molecule has 1 aromatic rings. The molecule has 0 radical (unpaired) electrons. The molecule has 0 saturated heterocycles. The molecule has 1 unspecified atom stereocenters. The van der Waals surface area contributed by atoms with Crippen LogP contribution in [0.1, 0.15) is 39.3 Å². The summed E-state index contributed by atoms with van der Waals surface area (Å²) in [4.78, 5) is 23.2. The molecule has 1 aromatic heterocycles. The second-order valence-corrected chi connectivity index (χ2v) is 5.48. The van der Waals surface area contributed by atoms with Crippen molar-refractivity contribution in [2.45, 2.75) is 45.3 Å². The number of hydrogen-bond acceptors (Lipinski definition) is 5. The maximum absolute atomic E-state index is 14.2. The van der Waals surface area contributed by atoms with Crippen molar-refractivity contribution < 1.29 is 32.3 Å². The van der Waals surface area contributed by atoms with Gasteiger partial charge in [0.25, 0.3) is 0 Å². The van der Waals surface area contributed by atoms with Gasteiger partial charge in [-0.15, -0.1) is 0 Å². The minimum Gasteiger partial charge on any atom is -0.472 e. The first-order chi connectivity index (χ1) is 10.1. The topological polar surface area (TPSA) is 77.8 Å². The summed E-state index contributed by atoms with van der Waals surface area (Å²) in [5.74, 6) is -5.71. The number of furan rings is 1. The highest BCUT2D eigenvalue weighted by Crippen LogP contribution is 2.33. The molecule has 22 heavy (non-hydrogen) atoms. The Morgan fingerprint density at radius 2 is 2.00 bits per heavy atom. The summed E-state index contributed by atoms with van der Waals surface area (Å²) in [7, 11) is 0. The van der Waals surface area contributed by atoms with Crippen LogP contribution in [0, 0.1) is 0 Å². The monoisotopic (exact) mass is 319 g/mol. The lowest BCUT2D eigenvalue weighted by Gasteiger charge is -2.27. The van der Waals surface area contributed by atoms with E-state index in [9.17, 15) is 18.4 Å². The van der Waals surface area contributed by atoms with Crippen LogP contribution in [0.4, 0.5) is 13.6 Å². The molecule has 1 atom stereocenters. The Balaban J connectivity index is 3.00. The fraction of sp³-hybridized carbons (Fsp3) is 0.571. The maximum Gasteiger partial charge on any atom is 0.408 e. The first-order valence-electron chi connectivity index (χ1n) is 6.64. The summed E-state index contributed by atoms with van der Waals surface area (Å²) >= 11 is 0. The van der Waals surface area contributed by atoms with E-state index in [-0.39, 0.29) is 12.2 Å². The molecule has 8 heteroatoms. The molecule has 6 nitrogen and oxygen atoms in total. The van der Waals surface area contributed by atoms with Crippen LogP contribution < -0.4 is 5.32 Å². The number of alkyl halides is 2. The Bertz CT molecular complexity index is 508. The molecule has 0 aliphatic rings. The molecule has 0 aliphatic carbocycles. The molecular formula is C14H19F2NO5. The zero-order chi connectivity index (χ0) is 17.0. The van der Waals surface area contributed by atoms with Crippen LogP contribution in [0.5, 0.6) is 0 Å². The molecule has 0 fully saturated rings. The van der Waals surface area contributed by atoms with Gasteiger partial charge in [-0.25, -0.2) is 9.59 Å². The lowest BCUT2D eigenvalue weighted by Crippen LogP contribution is -2.47. The van der Waals surface area contributed by atoms with E-state index in [1.807, 2.05) is 5.32 Å². The van der Waals surface area contributed by atoms with Crippen LogP contribution in [-0.2, 0) is 14.3 Å². The third-order valence-corrected chi connectivity index (χ3v) is 2.45. The maximum atomic E-state index is 14.2. The molecule has 1 heterocycles. The van der Waals surface area contributed by atoms with E-state index in [4.69, 9.17) is 9.15 Å². The van der Waals surface area contributed by atoms with E-state index in [1.165, 1.54) is 13.0 Å². The number of carbonyl (C=O) groups excluding carboxylic acids is 2. The summed E-state index contributed by atoms with van der Waals surface area (Å²) in [6.07, 6.45) is 1.08. The third kappa shape index (κ3) is 4.71. The molecule has 124 valence electrons. The zero-order valence-electron chi connectivity index (χ0n) is 12.8. The van der Waals surface area contributed by atoms with Gasteiger partial charge in [0.05, 0.1) is 19.1 Å². The van der Waals surface area contributed by atoms with Gasteiger partial charge in [0.1, 0.15) is 11.6 Å². The Hall–Kier alpha value is -2.12. The molecule has 1 rings (SSSR count). The van der Waals surface area contributed by atoms with Crippen LogP contribution in [-0.4, -0.2) is 30.2 Å². The number of esters is 1. The lowest BCUT2D eigenvalue weighted by molar-refractivity contribution is -0.176. The van der Waals surface area contributed by atoms with Gasteiger partial charge in [0.2, 0.25) is 0 Å². The summed E-state index contributed by atoms with van der Waals surface area (Å²) in [5.41, 5.74) is -0.951. The Kier molecular flexibility index (Phi) is 5.51. The molecule has 0 bridgehead atoms. The third-order valence-electron chi connectivity index (χ3n) is 2.45. The minimum absolute atomic E-state index is 0.0797. The SMILES string of the molecule is CCOC(=O)C(F)(F)C(NC(=O)OC(C)(C)C)c1ccoc1. The normalized spacial score (nSPS) is 13.4. The molecular weight excluding hydrogens is 300 g/mol. The van der Waals surface area contributed by atoms with E-state index in [0.29, 0.717) is 0 Å².